The van der Waals surface area contributed by atoms with Gasteiger partial charge in [0.15, 0.2) is 0 Å². The van der Waals surface area contributed by atoms with Crippen LogP contribution < -0.4 is 10.1 Å². The maximum absolute atomic E-state index is 8.65. The molecule has 0 saturated heterocycles. The van der Waals surface area contributed by atoms with Gasteiger partial charge in [0, 0.05) is 18.7 Å². The van der Waals surface area contributed by atoms with E-state index in [2.05, 4.69) is 23.5 Å². The predicted octanol–water partition coefficient (Wildman–Crippen LogP) is 2.76. The first-order valence-corrected chi connectivity index (χ1v) is 7.39. The van der Waals surface area contributed by atoms with Crippen molar-refractivity contribution >= 4 is 23.2 Å². The van der Waals surface area contributed by atoms with Crippen molar-refractivity contribution < 1.29 is 14.6 Å². The van der Waals surface area contributed by atoms with E-state index in [-0.39, 0.29) is 19.0 Å². The first kappa shape index (κ1) is 18.7. The van der Waals surface area contributed by atoms with Gasteiger partial charge in [-0.25, -0.2) is 0 Å². The molecule has 0 amide bonds. The third-order valence-corrected chi connectivity index (χ3v) is 3.26. The van der Waals surface area contributed by atoms with E-state index in [1.54, 1.807) is 0 Å². The molecule has 2 rings (SSSR count). The Morgan fingerprint density at radius 2 is 1.91 bits per heavy atom. The number of fused-ring (bicyclic) bond motifs is 1. The van der Waals surface area contributed by atoms with E-state index in [0.717, 1.165) is 18.8 Å². The van der Waals surface area contributed by atoms with E-state index in [9.17, 15) is 0 Å². The Hall–Kier alpha value is -1.33. The van der Waals surface area contributed by atoms with Crippen LogP contribution in [0.3, 0.4) is 0 Å². The lowest BCUT2D eigenvalue weighted by atomic mass is 10.0. The van der Waals surface area contributed by atoms with Crippen molar-refractivity contribution in [3.63, 3.8) is 0 Å². The van der Waals surface area contributed by atoms with Crippen LogP contribution in [0.15, 0.2) is 36.4 Å². The van der Waals surface area contributed by atoms with E-state index in [4.69, 9.17) is 14.6 Å². The molecule has 0 aromatic heterocycles. The van der Waals surface area contributed by atoms with Gasteiger partial charge in [-0.05, 0) is 23.8 Å². The van der Waals surface area contributed by atoms with Gasteiger partial charge in [-0.3, -0.25) is 0 Å². The Balaban J connectivity index is 0.00000242. The van der Waals surface area contributed by atoms with Gasteiger partial charge in [-0.15, -0.1) is 12.4 Å². The summed E-state index contributed by atoms with van der Waals surface area (Å²) >= 11 is 0. The zero-order valence-corrected chi connectivity index (χ0v) is 13.7. The number of hydrogen-bond acceptors (Lipinski definition) is 4. The molecule has 0 heterocycles. The van der Waals surface area contributed by atoms with Gasteiger partial charge in [-0.1, -0.05) is 30.3 Å². The van der Waals surface area contributed by atoms with Crippen LogP contribution in [0.5, 0.6) is 5.75 Å². The molecule has 0 aliphatic carbocycles. The second-order valence-electron chi connectivity index (χ2n) is 4.71. The number of hydrogen-bond donors (Lipinski definition) is 2. The average Bonchev–Trinajstić information content (AvgIpc) is 2.52. The number of benzene rings is 2. The molecule has 0 unspecified atom stereocenters. The summed E-state index contributed by atoms with van der Waals surface area (Å²) in [5.41, 5.74) is 1.18. The molecule has 0 radical (unpaired) electrons. The van der Waals surface area contributed by atoms with Crippen molar-refractivity contribution in [3.8, 4) is 5.75 Å². The number of nitrogens with one attached hydrogen (secondary N) is 1. The van der Waals surface area contributed by atoms with Crippen LogP contribution in [0.4, 0.5) is 0 Å². The molecule has 5 heteroatoms. The minimum atomic E-state index is 0. The highest BCUT2D eigenvalue weighted by atomic mass is 35.5. The number of aliphatic hydroxyl groups excluding tert-OH is 1. The van der Waals surface area contributed by atoms with E-state index >= 15 is 0 Å². The molecule has 0 aliphatic rings. The molecule has 4 nitrogen and oxygen atoms in total. The van der Waals surface area contributed by atoms with Gasteiger partial charge in [0.1, 0.15) is 5.75 Å². The van der Waals surface area contributed by atoms with Crippen LogP contribution >= 0.6 is 12.4 Å². The summed E-state index contributed by atoms with van der Waals surface area (Å²) in [5, 5.41) is 14.4. The first-order valence-electron chi connectivity index (χ1n) is 7.39. The zero-order chi connectivity index (χ0) is 14.9. The summed E-state index contributed by atoms with van der Waals surface area (Å²) in [4.78, 5) is 0. The Morgan fingerprint density at radius 3 is 2.68 bits per heavy atom. The topological polar surface area (TPSA) is 50.7 Å². The van der Waals surface area contributed by atoms with Crippen molar-refractivity contribution in [3.05, 3.63) is 42.0 Å². The summed E-state index contributed by atoms with van der Waals surface area (Å²) in [6, 6.07) is 12.4. The first-order chi connectivity index (χ1) is 10.4. The van der Waals surface area contributed by atoms with Crippen LogP contribution in [0, 0.1) is 0 Å². The monoisotopic (exact) mass is 325 g/mol. The number of rotatable bonds is 9. The van der Waals surface area contributed by atoms with E-state index < -0.39 is 0 Å². The Bertz CT molecular complexity index is 563. The number of aliphatic hydroxyl groups is 1. The fraction of sp³-hybridized carbons (Fsp3) is 0.412. The highest BCUT2D eigenvalue weighted by Gasteiger charge is 2.08. The van der Waals surface area contributed by atoms with Gasteiger partial charge < -0.3 is 19.9 Å². The van der Waals surface area contributed by atoms with Gasteiger partial charge >= 0.3 is 0 Å². The predicted molar refractivity (Wildman–Crippen MR) is 92.0 cm³/mol. The number of halogens is 1. The van der Waals surface area contributed by atoms with Crippen LogP contribution in [0.2, 0.25) is 0 Å². The molecule has 22 heavy (non-hydrogen) atoms. The van der Waals surface area contributed by atoms with Crippen molar-refractivity contribution in [2.45, 2.75) is 13.5 Å². The molecule has 2 N–H and O–H groups in total. The van der Waals surface area contributed by atoms with Crippen molar-refractivity contribution in [1.29, 1.82) is 0 Å². The third-order valence-electron chi connectivity index (χ3n) is 3.26. The minimum absolute atomic E-state index is 0. The summed E-state index contributed by atoms with van der Waals surface area (Å²) in [7, 11) is 0. The molecule has 0 aliphatic heterocycles. The lowest BCUT2D eigenvalue weighted by molar-refractivity contribution is 0.0938. The van der Waals surface area contributed by atoms with Gasteiger partial charge in [0.25, 0.3) is 0 Å². The largest absolute Gasteiger partial charge is 0.494 e. The van der Waals surface area contributed by atoms with E-state index in [1.807, 2.05) is 25.1 Å². The maximum Gasteiger partial charge on any atom is 0.124 e. The van der Waals surface area contributed by atoms with Gasteiger partial charge in [0.05, 0.1) is 26.4 Å². The molecular formula is C17H24ClNO3. The Kier molecular flexibility index (Phi) is 8.85. The maximum atomic E-state index is 8.65. The molecule has 0 spiro atoms. The molecule has 0 saturated carbocycles. The van der Waals surface area contributed by atoms with Crippen LogP contribution in [0.1, 0.15) is 12.5 Å². The standard InChI is InChI=1S/C17H23NO3.ClH/c1-2-21-17-8-7-14-5-3-4-6-15(14)16(17)13-18-9-11-20-12-10-19;/h3-8,18-19H,2,9-13H2,1H3;1H. The van der Waals surface area contributed by atoms with Gasteiger partial charge in [0.2, 0.25) is 0 Å². The zero-order valence-electron chi connectivity index (χ0n) is 12.9. The van der Waals surface area contributed by atoms with Gasteiger partial charge in [-0.2, -0.15) is 0 Å². The Labute approximate surface area is 137 Å². The highest BCUT2D eigenvalue weighted by molar-refractivity contribution is 5.87. The SMILES string of the molecule is CCOc1ccc2ccccc2c1CNCCOCCO.Cl. The molecule has 0 fully saturated rings. The fourth-order valence-corrected chi connectivity index (χ4v) is 2.31. The lowest BCUT2D eigenvalue weighted by Crippen LogP contribution is -2.20. The third kappa shape index (κ3) is 5.14. The lowest BCUT2D eigenvalue weighted by Gasteiger charge is -2.14. The van der Waals surface area contributed by atoms with E-state index in [1.165, 1.54) is 16.3 Å². The fourth-order valence-electron chi connectivity index (χ4n) is 2.31. The van der Waals surface area contributed by atoms with Crippen LogP contribution in [-0.4, -0.2) is 38.1 Å². The molecule has 0 bridgehead atoms. The van der Waals surface area contributed by atoms with Crippen molar-refractivity contribution in [2.75, 3.05) is 33.0 Å². The number of ether oxygens (including phenoxy) is 2. The summed E-state index contributed by atoms with van der Waals surface area (Å²) in [6.07, 6.45) is 0. The van der Waals surface area contributed by atoms with E-state index in [0.29, 0.717) is 19.8 Å². The molecular weight excluding hydrogens is 302 g/mol. The summed E-state index contributed by atoms with van der Waals surface area (Å²) in [6.45, 7) is 5.18. The second kappa shape index (κ2) is 10.4. The highest BCUT2D eigenvalue weighted by Crippen LogP contribution is 2.28. The smallest absolute Gasteiger partial charge is 0.124 e. The van der Waals surface area contributed by atoms with Crippen molar-refractivity contribution in [2.24, 2.45) is 0 Å². The van der Waals surface area contributed by atoms with Crippen molar-refractivity contribution in [1.82, 2.24) is 5.32 Å². The van der Waals surface area contributed by atoms with Crippen LogP contribution in [0.25, 0.3) is 10.8 Å². The molecule has 2 aromatic carbocycles. The molecule has 122 valence electrons. The Morgan fingerprint density at radius 1 is 1.09 bits per heavy atom. The minimum Gasteiger partial charge on any atom is -0.494 e. The average molecular weight is 326 g/mol. The van der Waals surface area contributed by atoms with Crippen LogP contribution in [-0.2, 0) is 11.3 Å². The quantitative estimate of drug-likeness (QED) is 0.696. The second-order valence-corrected chi connectivity index (χ2v) is 4.71. The molecule has 2 aromatic rings. The normalized spacial score (nSPS) is 10.5. The molecule has 0 atom stereocenters. The summed E-state index contributed by atoms with van der Waals surface area (Å²) in [5.74, 6) is 0.931. The summed E-state index contributed by atoms with van der Waals surface area (Å²) < 4.78 is 11.0.